The molecule has 2 saturated heterocycles. The normalized spacial score (nSPS) is 20.7. The van der Waals surface area contributed by atoms with Crippen molar-refractivity contribution in [1.29, 1.82) is 5.26 Å². The number of hydrogen-bond acceptors (Lipinski definition) is 11. The van der Waals surface area contributed by atoms with Gasteiger partial charge in [0, 0.05) is 55.6 Å². The zero-order chi connectivity index (χ0) is 35.6. The first-order chi connectivity index (χ1) is 24.1. The minimum atomic E-state index is -4.75. The number of rotatable bonds is 10. The molecule has 15 heteroatoms. The molecule has 0 saturated carbocycles. The fraction of sp³-hybridized carbons (Fsp3) is 0.429. The molecular weight excluding hydrogens is 665 g/mol. The van der Waals surface area contributed by atoms with E-state index in [0.717, 1.165) is 44.6 Å². The van der Waals surface area contributed by atoms with Gasteiger partial charge in [-0.15, -0.1) is 0 Å². The number of pyridine rings is 1. The Labute approximate surface area is 291 Å². The molecule has 264 valence electrons. The van der Waals surface area contributed by atoms with Gasteiger partial charge in [0.2, 0.25) is 5.88 Å². The summed E-state index contributed by atoms with van der Waals surface area (Å²) in [5.41, 5.74) is -0.636. The van der Waals surface area contributed by atoms with Crippen LogP contribution in [0.5, 0.6) is 11.6 Å². The lowest BCUT2D eigenvalue weighted by Gasteiger charge is -2.43. The van der Waals surface area contributed by atoms with Crippen LogP contribution < -0.4 is 19.2 Å². The topological polar surface area (TPSA) is 148 Å². The second-order valence-electron chi connectivity index (χ2n) is 12.4. The van der Waals surface area contributed by atoms with Gasteiger partial charge in [-0.05, 0) is 75.8 Å². The summed E-state index contributed by atoms with van der Waals surface area (Å²) in [6.45, 7) is 9.32. The van der Waals surface area contributed by atoms with Gasteiger partial charge in [0.1, 0.15) is 17.6 Å². The standard InChI is InChI=1S/C35H40FN7O6S/c1-4-40-15-12-25(13-16-40)41-17-19-42(20-18-41)39-33(44)35(28-7-6-14-38-32(28)49-5-2)29-21-24(23-37)30(36)22-31(29)43(34(35)45)50(46,47)27-10-8-26(48-3)9-11-27/h6-11,14,21-22,25H,4-5,12-13,15-20H2,1-3H3,(H,39,44). The van der Waals surface area contributed by atoms with Crippen molar-refractivity contribution in [3.8, 4) is 17.7 Å². The average molecular weight is 706 g/mol. The Kier molecular flexibility index (Phi) is 10.1. The zero-order valence-corrected chi connectivity index (χ0v) is 29.1. The number of halogens is 1. The predicted octanol–water partition coefficient (Wildman–Crippen LogP) is 2.65. The average Bonchev–Trinajstić information content (AvgIpc) is 3.39. The van der Waals surface area contributed by atoms with Crippen LogP contribution in [0.25, 0.3) is 0 Å². The van der Waals surface area contributed by atoms with E-state index >= 15 is 9.18 Å². The number of aromatic nitrogens is 1. The van der Waals surface area contributed by atoms with Crippen LogP contribution >= 0.6 is 0 Å². The van der Waals surface area contributed by atoms with Gasteiger partial charge in [0.05, 0.1) is 29.9 Å². The lowest BCUT2D eigenvalue weighted by molar-refractivity contribution is -0.137. The molecule has 0 spiro atoms. The second-order valence-corrected chi connectivity index (χ2v) is 14.2. The molecule has 1 aromatic heterocycles. The number of piperazine rings is 1. The van der Waals surface area contributed by atoms with E-state index in [1.165, 1.54) is 49.7 Å². The summed E-state index contributed by atoms with van der Waals surface area (Å²) in [6, 6.07) is 12.4. The molecule has 0 bridgehead atoms. The number of amides is 2. The van der Waals surface area contributed by atoms with Gasteiger partial charge in [0.25, 0.3) is 21.8 Å². The molecule has 3 aromatic rings. The van der Waals surface area contributed by atoms with E-state index in [2.05, 4.69) is 27.1 Å². The van der Waals surface area contributed by atoms with Crippen LogP contribution in [0, 0.1) is 17.1 Å². The van der Waals surface area contributed by atoms with Gasteiger partial charge >= 0.3 is 0 Å². The first kappa shape index (κ1) is 35.2. The highest BCUT2D eigenvalue weighted by Gasteiger charge is 2.63. The first-order valence-corrected chi connectivity index (χ1v) is 18.1. The number of nitrogens with one attached hydrogen (secondary N) is 1. The quantitative estimate of drug-likeness (QED) is 0.311. The Morgan fingerprint density at radius 3 is 2.38 bits per heavy atom. The van der Waals surface area contributed by atoms with Crippen LogP contribution in [0.3, 0.4) is 0 Å². The maximum Gasteiger partial charge on any atom is 0.270 e. The Bertz CT molecular complexity index is 1910. The number of carbonyl (C=O) groups excluding carboxylic acids is 2. The highest BCUT2D eigenvalue weighted by atomic mass is 32.2. The third-order valence-corrected chi connectivity index (χ3v) is 11.5. The molecule has 6 rings (SSSR count). The van der Waals surface area contributed by atoms with Crippen molar-refractivity contribution in [2.45, 2.75) is 43.0 Å². The molecule has 0 radical (unpaired) electrons. The van der Waals surface area contributed by atoms with E-state index in [-0.39, 0.29) is 28.5 Å². The Morgan fingerprint density at radius 1 is 1.06 bits per heavy atom. The number of benzene rings is 2. The number of likely N-dealkylation sites (tertiary alicyclic amines) is 1. The molecule has 3 aliphatic heterocycles. The number of methoxy groups -OCH3 is 1. The van der Waals surface area contributed by atoms with Crippen LogP contribution in [0.15, 0.2) is 59.6 Å². The summed E-state index contributed by atoms with van der Waals surface area (Å²) >= 11 is 0. The lowest BCUT2D eigenvalue weighted by Crippen LogP contribution is -2.61. The number of hydrogen-bond donors (Lipinski definition) is 1. The van der Waals surface area contributed by atoms with E-state index in [4.69, 9.17) is 9.47 Å². The van der Waals surface area contributed by atoms with Gasteiger partial charge < -0.3 is 14.4 Å². The maximum atomic E-state index is 15.4. The first-order valence-electron chi connectivity index (χ1n) is 16.7. The number of piperidine rings is 1. The van der Waals surface area contributed by atoms with Crippen LogP contribution in [-0.2, 0) is 25.0 Å². The summed E-state index contributed by atoms with van der Waals surface area (Å²) in [6.07, 6.45) is 3.54. The highest BCUT2D eigenvalue weighted by molar-refractivity contribution is 7.93. The van der Waals surface area contributed by atoms with Crippen LogP contribution in [0.4, 0.5) is 10.1 Å². The number of sulfonamides is 1. The summed E-state index contributed by atoms with van der Waals surface area (Å²) in [5, 5.41) is 11.5. The molecule has 4 heterocycles. The van der Waals surface area contributed by atoms with E-state index in [9.17, 15) is 18.5 Å². The van der Waals surface area contributed by atoms with E-state index in [1.54, 1.807) is 18.0 Å². The van der Waals surface area contributed by atoms with Crippen molar-refractivity contribution >= 4 is 27.5 Å². The SMILES string of the molecule is CCOc1ncccc1C1(C(=O)NN2CCN(C3CCN(CC)CC3)CC2)C(=O)N(S(=O)(=O)c2ccc(OC)cc2)c2cc(F)c(C#N)cc21. The zero-order valence-electron chi connectivity index (χ0n) is 28.3. The molecule has 2 fully saturated rings. The van der Waals surface area contributed by atoms with E-state index in [1.807, 2.05) is 0 Å². The van der Waals surface area contributed by atoms with Crippen molar-refractivity contribution in [3.63, 3.8) is 0 Å². The maximum absolute atomic E-state index is 15.4. The highest BCUT2D eigenvalue weighted by Crippen LogP contribution is 2.51. The number of nitrogens with zero attached hydrogens (tertiary/aromatic N) is 6. The van der Waals surface area contributed by atoms with Crippen molar-refractivity contribution in [2.24, 2.45) is 0 Å². The van der Waals surface area contributed by atoms with Crippen LogP contribution in [0.1, 0.15) is 43.4 Å². The van der Waals surface area contributed by atoms with Gasteiger partial charge in [0.15, 0.2) is 5.41 Å². The van der Waals surface area contributed by atoms with Crippen molar-refractivity contribution in [1.82, 2.24) is 25.2 Å². The van der Waals surface area contributed by atoms with Gasteiger partial charge in [-0.3, -0.25) is 19.9 Å². The Morgan fingerprint density at radius 2 is 1.76 bits per heavy atom. The summed E-state index contributed by atoms with van der Waals surface area (Å²) in [4.78, 5) is 38.8. The molecule has 1 N–H and O–H groups in total. The number of anilines is 1. The van der Waals surface area contributed by atoms with Crippen molar-refractivity contribution in [3.05, 3.63) is 77.2 Å². The predicted molar refractivity (Wildman–Crippen MR) is 181 cm³/mol. The second kappa shape index (κ2) is 14.3. The van der Waals surface area contributed by atoms with Gasteiger partial charge in [-0.2, -0.15) is 5.26 Å². The number of hydrazine groups is 1. The fourth-order valence-electron chi connectivity index (χ4n) is 7.14. The van der Waals surface area contributed by atoms with E-state index in [0.29, 0.717) is 42.3 Å². The van der Waals surface area contributed by atoms with Crippen molar-refractivity contribution in [2.75, 3.05) is 63.8 Å². The largest absolute Gasteiger partial charge is 0.497 e. The van der Waals surface area contributed by atoms with Crippen molar-refractivity contribution < 1.29 is 31.9 Å². The monoisotopic (exact) mass is 705 g/mol. The fourth-order valence-corrected chi connectivity index (χ4v) is 8.60. The number of carbonyl (C=O) groups is 2. The number of fused-ring (bicyclic) bond motifs is 1. The molecular formula is C35H40FN7O6S. The Balaban J connectivity index is 1.43. The third kappa shape index (κ3) is 6.06. The summed E-state index contributed by atoms with van der Waals surface area (Å²) in [7, 11) is -3.32. The molecule has 13 nitrogen and oxygen atoms in total. The minimum absolute atomic E-state index is 0.0464. The third-order valence-electron chi connectivity index (χ3n) is 9.82. The molecule has 3 aliphatic rings. The summed E-state index contributed by atoms with van der Waals surface area (Å²) < 4.78 is 55.4. The lowest BCUT2D eigenvalue weighted by atomic mass is 9.74. The smallest absolute Gasteiger partial charge is 0.270 e. The van der Waals surface area contributed by atoms with Crippen LogP contribution in [-0.4, -0.2) is 106 Å². The number of nitriles is 1. The van der Waals surface area contributed by atoms with E-state index < -0.39 is 44.3 Å². The molecule has 50 heavy (non-hydrogen) atoms. The number of ether oxygens (including phenoxy) is 2. The minimum Gasteiger partial charge on any atom is -0.497 e. The van der Waals surface area contributed by atoms with Crippen LogP contribution in [0.2, 0.25) is 0 Å². The molecule has 1 atom stereocenters. The molecule has 2 aromatic carbocycles. The summed E-state index contributed by atoms with van der Waals surface area (Å²) in [5.74, 6) is -2.84. The van der Waals surface area contributed by atoms with Gasteiger partial charge in [-0.1, -0.05) is 13.0 Å². The Hall–Kier alpha value is -4.62. The van der Waals surface area contributed by atoms with Gasteiger partial charge in [-0.25, -0.2) is 27.1 Å². The molecule has 2 amide bonds. The molecule has 1 unspecified atom stereocenters. The molecule has 0 aliphatic carbocycles.